The van der Waals surface area contributed by atoms with E-state index in [-0.39, 0.29) is 6.10 Å². The quantitative estimate of drug-likeness (QED) is 0.665. The predicted octanol–water partition coefficient (Wildman–Crippen LogP) is 3.42. The SMILES string of the molecule is CC(C)Oc1c(Br)cc(Br)cc1CNCCN1CCOCC1. The largest absolute Gasteiger partial charge is 0.489 e. The van der Waals surface area contributed by atoms with Gasteiger partial charge in [-0.3, -0.25) is 4.90 Å². The summed E-state index contributed by atoms with van der Waals surface area (Å²) in [6.07, 6.45) is 0.157. The first-order chi connectivity index (χ1) is 10.6. The van der Waals surface area contributed by atoms with Gasteiger partial charge >= 0.3 is 0 Å². The summed E-state index contributed by atoms with van der Waals surface area (Å²) in [5, 5.41) is 3.51. The van der Waals surface area contributed by atoms with E-state index < -0.39 is 0 Å². The Labute approximate surface area is 149 Å². The Hall–Kier alpha value is -0.140. The van der Waals surface area contributed by atoms with Crippen LogP contribution in [0.2, 0.25) is 0 Å². The Morgan fingerprint density at radius 1 is 1.27 bits per heavy atom. The highest BCUT2D eigenvalue weighted by molar-refractivity contribution is 9.11. The van der Waals surface area contributed by atoms with E-state index in [9.17, 15) is 0 Å². The molecule has 4 nitrogen and oxygen atoms in total. The third-order valence-electron chi connectivity index (χ3n) is 3.46. The van der Waals surface area contributed by atoms with Crippen molar-refractivity contribution in [1.29, 1.82) is 0 Å². The van der Waals surface area contributed by atoms with Crippen LogP contribution in [0.3, 0.4) is 0 Å². The van der Waals surface area contributed by atoms with Crippen molar-refractivity contribution in [3.05, 3.63) is 26.6 Å². The number of rotatable bonds is 7. The van der Waals surface area contributed by atoms with Crippen molar-refractivity contribution in [2.24, 2.45) is 0 Å². The zero-order valence-electron chi connectivity index (χ0n) is 13.2. The minimum atomic E-state index is 0.157. The molecular weight excluding hydrogens is 412 g/mol. The minimum absolute atomic E-state index is 0.157. The van der Waals surface area contributed by atoms with Crippen LogP contribution in [0.15, 0.2) is 21.1 Å². The van der Waals surface area contributed by atoms with Gasteiger partial charge in [0.25, 0.3) is 0 Å². The number of hydrogen-bond acceptors (Lipinski definition) is 4. The van der Waals surface area contributed by atoms with E-state index in [1.807, 2.05) is 19.9 Å². The Morgan fingerprint density at radius 3 is 2.68 bits per heavy atom. The molecule has 1 heterocycles. The molecule has 0 amide bonds. The van der Waals surface area contributed by atoms with E-state index >= 15 is 0 Å². The number of halogens is 2. The second kappa shape index (κ2) is 9.23. The van der Waals surface area contributed by atoms with Gasteiger partial charge in [-0.1, -0.05) is 15.9 Å². The molecule has 1 aliphatic rings. The van der Waals surface area contributed by atoms with Crippen LogP contribution in [0.5, 0.6) is 5.75 Å². The number of ether oxygens (including phenoxy) is 2. The molecule has 0 bridgehead atoms. The van der Waals surface area contributed by atoms with Gasteiger partial charge in [0.05, 0.1) is 23.8 Å². The molecule has 1 aromatic rings. The molecule has 0 unspecified atom stereocenters. The van der Waals surface area contributed by atoms with Crippen LogP contribution < -0.4 is 10.1 Å². The zero-order chi connectivity index (χ0) is 15.9. The maximum atomic E-state index is 5.94. The van der Waals surface area contributed by atoms with Crippen LogP contribution in [0.4, 0.5) is 0 Å². The summed E-state index contributed by atoms with van der Waals surface area (Å²) < 4.78 is 13.4. The van der Waals surface area contributed by atoms with E-state index in [0.717, 1.165) is 66.2 Å². The lowest BCUT2D eigenvalue weighted by Crippen LogP contribution is -2.40. The van der Waals surface area contributed by atoms with Crippen LogP contribution in [0.1, 0.15) is 19.4 Å². The number of benzene rings is 1. The summed E-state index contributed by atoms with van der Waals surface area (Å²) >= 11 is 7.14. The van der Waals surface area contributed by atoms with E-state index in [2.05, 4.69) is 48.1 Å². The molecule has 1 fully saturated rings. The van der Waals surface area contributed by atoms with Crippen LogP contribution >= 0.6 is 31.9 Å². The highest BCUT2D eigenvalue weighted by Crippen LogP contribution is 2.33. The van der Waals surface area contributed by atoms with Crippen molar-refractivity contribution in [3.63, 3.8) is 0 Å². The third-order valence-corrected chi connectivity index (χ3v) is 4.51. The number of morpholine rings is 1. The fourth-order valence-corrected chi connectivity index (χ4v) is 3.80. The zero-order valence-corrected chi connectivity index (χ0v) is 16.4. The molecule has 1 aromatic carbocycles. The fraction of sp³-hybridized carbons (Fsp3) is 0.625. The molecule has 0 aliphatic carbocycles. The second-order valence-corrected chi connectivity index (χ2v) is 7.44. The molecule has 1 saturated heterocycles. The minimum Gasteiger partial charge on any atom is -0.489 e. The second-order valence-electron chi connectivity index (χ2n) is 5.67. The molecule has 2 rings (SSSR count). The molecule has 0 radical (unpaired) electrons. The van der Waals surface area contributed by atoms with Gasteiger partial charge in [0.15, 0.2) is 0 Å². The van der Waals surface area contributed by atoms with Crippen LogP contribution in [0, 0.1) is 0 Å². The Bertz CT molecular complexity index is 477. The van der Waals surface area contributed by atoms with Crippen molar-refractivity contribution in [2.45, 2.75) is 26.5 Å². The number of nitrogens with zero attached hydrogens (tertiary/aromatic N) is 1. The van der Waals surface area contributed by atoms with Gasteiger partial charge in [-0.05, 0) is 41.9 Å². The van der Waals surface area contributed by atoms with E-state index in [1.165, 1.54) is 0 Å². The fourth-order valence-electron chi connectivity index (χ4n) is 2.40. The highest BCUT2D eigenvalue weighted by atomic mass is 79.9. The summed E-state index contributed by atoms with van der Waals surface area (Å²) in [6, 6.07) is 4.14. The van der Waals surface area contributed by atoms with Crippen LogP contribution in [0.25, 0.3) is 0 Å². The molecule has 0 spiro atoms. The van der Waals surface area contributed by atoms with Gasteiger partial charge in [0.1, 0.15) is 5.75 Å². The first-order valence-electron chi connectivity index (χ1n) is 7.71. The highest BCUT2D eigenvalue weighted by Gasteiger charge is 2.13. The van der Waals surface area contributed by atoms with E-state index in [0.29, 0.717) is 0 Å². The Kier molecular flexibility index (Phi) is 7.63. The van der Waals surface area contributed by atoms with Gasteiger partial charge in [-0.15, -0.1) is 0 Å². The topological polar surface area (TPSA) is 33.7 Å². The van der Waals surface area contributed by atoms with Crippen molar-refractivity contribution in [3.8, 4) is 5.75 Å². The molecule has 124 valence electrons. The molecule has 0 saturated carbocycles. The average molecular weight is 436 g/mol. The van der Waals surface area contributed by atoms with Crippen molar-refractivity contribution < 1.29 is 9.47 Å². The first kappa shape index (κ1) is 18.2. The van der Waals surface area contributed by atoms with Gasteiger partial charge in [0.2, 0.25) is 0 Å². The molecule has 0 aromatic heterocycles. The standard InChI is InChI=1S/C16H24Br2N2O2/c1-12(2)22-16-13(9-14(17)10-15(16)18)11-19-3-4-20-5-7-21-8-6-20/h9-10,12,19H,3-8,11H2,1-2H3. The van der Waals surface area contributed by atoms with Crippen LogP contribution in [-0.2, 0) is 11.3 Å². The van der Waals surface area contributed by atoms with Crippen molar-refractivity contribution >= 4 is 31.9 Å². The normalized spacial score (nSPS) is 16.2. The smallest absolute Gasteiger partial charge is 0.138 e. The van der Waals surface area contributed by atoms with Gasteiger partial charge in [-0.25, -0.2) is 0 Å². The summed E-state index contributed by atoms with van der Waals surface area (Å²) in [4.78, 5) is 2.43. The number of nitrogens with one attached hydrogen (secondary N) is 1. The molecule has 1 N–H and O–H groups in total. The molecule has 1 aliphatic heterocycles. The lowest BCUT2D eigenvalue weighted by atomic mass is 10.2. The molecular formula is C16H24Br2N2O2. The van der Waals surface area contributed by atoms with Crippen molar-refractivity contribution in [2.75, 3.05) is 39.4 Å². The molecule has 0 atom stereocenters. The van der Waals surface area contributed by atoms with E-state index in [1.54, 1.807) is 0 Å². The summed E-state index contributed by atoms with van der Waals surface area (Å²) in [5.41, 5.74) is 1.16. The predicted molar refractivity (Wildman–Crippen MR) is 96.6 cm³/mol. The lowest BCUT2D eigenvalue weighted by Gasteiger charge is -2.26. The Morgan fingerprint density at radius 2 is 2.00 bits per heavy atom. The van der Waals surface area contributed by atoms with Gasteiger partial charge in [-0.2, -0.15) is 0 Å². The maximum Gasteiger partial charge on any atom is 0.138 e. The number of hydrogen-bond donors (Lipinski definition) is 1. The monoisotopic (exact) mass is 434 g/mol. The molecule has 22 heavy (non-hydrogen) atoms. The lowest BCUT2D eigenvalue weighted by molar-refractivity contribution is 0.0384. The third kappa shape index (κ3) is 5.81. The van der Waals surface area contributed by atoms with Crippen molar-refractivity contribution in [1.82, 2.24) is 10.2 Å². The average Bonchev–Trinajstić information content (AvgIpc) is 2.47. The van der Waals surface area contributed by atoms with Gasteiger partial charge in [0, 0.05) is 42.8 Å². The first-order valence-corrected chi connectivity index (χ1v) is 9.30. The van der Waals surface area contributed by atoms with E-state index in [4.69, 9.17) is 9.47 Å². The Balaban J connectivity index is 1.87. The van der Waals surface area contributed by atoms with Gasteiger partial charge < -0.3 is 14.8 Å². The summed E-state index contributed by atoms with van der Waals surface area (Å²) in [6.45, 7) is 10.7. The maximum absolute atomic E-state index is 5.94. The molecule has 6 heteroatoms. The van der Waals surface area contributed by atoms with Crippen LogP contribution in [-0.4, -0.2) is 50.4 Å². The summed E-state index contributed by atoms with van der Waals surface area (Å²) in [5.74, 6) is 0.928. The summed E-state index contributed by atoms with van der Waals surface area (Å²) in [7, 11) is 0.